The van der Waals surface area contributed by atoms with Crippen molar-refractivity contribution in [1.82, 2.24) is 4.90 Å². The number of nitrogens with zero attached hydrogens (tertiary/aromatic N) is 1. The van der Waals surface area contributed by atoms with Crippen molar-refractivity contribution < 1.29 is 9.84 Å². The number of piperidine rings is 1. The summed E-state index contributed by atoms with van der Waals surface area (Å²) in [5, 5.41) is 9.40. The summed E-state index contributed by atoms with van der Waals surface area (Å²) in [6.45, 7) is 5.32. The third kappa shape index (κ3) is 3.69. The summed E-state index contributed by atoms with van der Waals surface area (Å²) in [4.78, 5) is 2.30. The van der Waals surface area contributed by atoms with Gasteiger partial charge in [0, 0.05) is 18.7 Å². The third-order valence-electron chi connectivity index (χ3n) is 3.67. The first-order chi connectivity index (χ1) is 9.17. The molecule has 0 radical (unpaired) electrons. The molecule has 0 spiro atoms. The Labute approximate surface area is 115 Å². The van der Waals surface area contributed by atoms with Gasteiger partial charge >= 0.3 is 0 Å². The molecule has 1 saturated heterocycles. The summed E-state index contributed by atoms with van der Waals surface area (Å²) in [6, 6.07) is 8.12. The highest BCUT2D eigenvalue weighted by Crippen LogP contribution is 2.24. The van der Waals surface area contributed by atoms with E-state index in [1.807, 2.05) is 25.1 Å². The number of aliphatic hydroxyl groups excluding tert-OH is 1. The van der Waals surface area contributed by atoms with Crippen molar-refractivity contribution in [2.24, 2.45) is 5.73 Å². The summed E-state index contributed by atoms with van der Waals surface area (Å²) in [6.07, 6.45) is 1.93. The molecule has 1 fully saturated rings. The van der Waals surface area contributed by atoms with Crippen molar-refractivity contribution in [3.05, 3.63) is 29.8 Å². The maximum absolute atomic E-state index is 9.40. The second kappa shape index (κ2) is 6.37. The molecule has 3 N–H and O–H groups in total. The van der Waals surface area contributed by atoms with Crippen LogP contribution in [-0.2, 0) is 6.54 Å². The molecule has 0 aliphatic carbocycles. The zero-order chi connectivity index (χ0) is 13.7. The van der Waals surface area contributed by atoms with Gasteiger partial charge in [0.2, 0.25) is 0 Å². The van der Waals surface area contributed by atoms with Crippen LogP contribution in [0.15, 0.2) is 24.3 Å². The van der Waals surface area contributed by atoms with Gasteiger partial charge < -0.3 is 15.6 Å². The highest BCUT2D eigenvalue weighted by molar-refractivity contribution is 5.33. The second-order valence-electron chi connectivity index (χ2n) is 5.38. The number of hydrogen-bond donors (Lipinski definition) is 2. The summed E-state index contributed by atoms with van der Waals surface area (Å²) in [5.41, 5.74) is 6.92. The molecule has 19 heavy (non-hydrogen) atoms. The quantitative estimate of drug-likeness (QED) is 0.843. The maximum atomic E-state index is 9.40. The van der Waals surface area contributed by atoms with Gasteiger partial charge in [0.1, 0.15) is 5.75 Å². The summed E-state index contributed by atoms with van der Waals surface area (Å²) < 4.78 is 5.65. The number of ether oxygens (including phenoxy) is 1. The Kier molecular flexibility index (Phi) is 4.80. The largest absolute Gasteiger partial charge is 0.494 e. The molecular weight excluding hydrogens is 240 g/mol. The highest BCUT2D eigenvalue weighted by Gasteiger charge is 2.31. The molecular formula is C15H24N2O2. The first kappa shape index (κ1) is 14.3. The molecule has 2 rings (SSSR count). The van der Waals surface area contributed by atoms with Crippen LogP contribution in [0.1, 0.15) is 25.3 Å². The van der Waals surface area contributed by atoms with Crippen molar-refractivity contribution in [3.8, 4) is 5.75 Å². The van der Waals surface area contributed by atoms with Crippen molar-refractivity contribution in [2.45, 2.75) is 31.8 Å². The smallest absolute Gasteiger partial charge is 0.123 e. The summed E-state index contributed by atoms with van der Waals surface area (Å²) >= 11 is 0. The maximum Gasteiger partial charge on any atom is 0.123 e. The Hall–Kier alpha value is -1.10. The van der Waals surface area contributed by atoms with Gasteiger partial charge in [0.25, 0.3) is 0 Å². The number of rotatable bonds is 5. The van der Waals surface area contributed by atoms with Gasteiger partial charge in [0.15, 0.2) is 0 Å². The number of benzene rings is 1. The molecule has 4 heteroatoms. The molecule has 0 aromatic heterocycles. The molecule has 1 aromatic carbocycles. The lowest BCUT2D eigenvalue weighted by atomic mass is 9.91. The zero-order valence-electron chi connectivity index (χ0n) is 11.6. The normalized spacial score (nSPS) is 24.4. The Morgan fingerprint density at radius 2 is 2.21 bits per heavy atom. The number of aliphatic hydroxyl groups is 1. The fraction of sp³-hybridized carbons (Fsp3) is 0.600. The Morgan fingerprint density at radius 3 is 2.95 bits per heavy atom. The van der Waals surface area contributed by atoms with E-state index in [9.17, 15) is 5.11 Å². The minimum absolute atomic E-state index is 0.0522. The molecule has 0 saturated carbocycles. The van der Waals surface area contributed by atoms with Crippen LogP contribution in [-0.4, -0.2) is 41.8 Å². The molecule has 1 atom stereocenters. The van der Waals surface area contributed by atoms with Gasteiger partial charge in [-0.2, -0.15) is 0 Å². The van der Waals surface area contributed by atoms with Crippen LogP contribution in [0.25, 0.3) is 0 Å². The predicted octanol–water partition coefficient (Wildman–Crippen LogP) is 1.37. The monoisotopic (exact) mass is 264 g/mol. The fourth-order valence-electron chi connectivity index (χ4n) is 2.69. The number of para-hydroxylation sites is 1. The first-order valence-corrected chi connectivity index (χ1v) is 7.00. The minimum Gasteiger partial charge on any atom is -0.494 e. The zero-order valence-corrected chi connectivity index (χ0v) is 11.6. The van der Waals surface area contributed by atoms with E-state index < -0.39 is 5.54 Å². The van der Waals surface area contributed by atoms with Crippen LogP contribution in [0.2, 0.25) is 0 Å². The van der Waals surface area contributed by atoms with Crippen LogP contribution in [0.5, 0.6) is 5.75 Å². The molecule has 1 unspecified atom stereocenters. The highest BCUT2D eigenvalue weighted by atomic mass is 16.5. The molecule has 1 aromatic rings. The van der Waals surface area contributed by atoms with E-state index in [0.29, 0.717) is 6.61 Å². The van der Waals surface area contributed by atoms with Gasteiger partial charge in [-0.25, -0.2) is 0 Å². The van der Waals surface area contributed by atoms with E-state index in [1.165, 1.54) is 5.56 Å². The van der Waals surface area contributed by atoms with E-state index in [-0.39, 0.29) is 6.61 Å². The van der Waals surface area contributed by atoms with Crippen LogP contribution >= 0.6 is 0 Å². The lowest BCUT2D eigenvalue weighted by Crippen LogP contribution is -2.56. The Morgan fingerprint density at radius 1 is 1.42 bits per heavy atom. The van der Waals surface area contributed by atoms with E-state index in [4.69, 9.17) is 10.5 Å². The van der Waals surface area contributed by atoms with E-state index in [2.05, 4.69) is 11.0 Å². The topological polar surface area (TPSA) is 58.7 Å². The molecule has 1 heterocycles. The van der Waals surface area contributed by atoms with Gasteiger partial charge in [-0.1, -0.05) is 18.2 Å². The van der Waals surface area contributed by atoms with Crippen molar-refractivity contribution in [3.63, 3.8) is 0 Å². The minimum atomic E-state index is -0.446. The average molecular weight is 264 g/mol. The lowest BCUT2D eigenvalue weighted by molar-refractivity contribution is 0.0895. The van der Waals surface area contributed by atoms with E-state index in [1.54, 1.807) is 0 Å². The van der Waals surface area contributed by atoms with E-state index in [0.717, 1.165) is 38.2 Å². The molecule has 1 aliphatic heterocycles. The van der Waals surface area contributed by atoms with Crippen LogP contribution in [0.4, 0.5) is 0 Å². The van der Waals surface area contributed by atoms with Gasteiger partial charge in [-0.15, -0.1) is 0 Å². The van der Waals surface area contributed by atoms with Crippen molar-refractivity contribution in [2.75, 3.05) is 26.3 Å². The van der Waals surface area contributed by atoms with Crippen LogP contribution in [0.3, 0.4) is 0 Å². The standard InChI is InChI=1S/C15H24N2O2/c1-2-19-14-7-4-3-6-13(14)10-17-9-5-8-15(16,11-17)12-18/h3-4,6-7,18H,2,5,8-12,16H2,1H3. The second-order valence-corrected chi connectivity index (χ2v) is 5.38. The fourth-order valence-corrected chi connectivity index (χ4v) is 2.69. The van der Waals surface area contributed by atoms with Crippen LogP contribution < -0.4 is 10.5 Å². The van der Waals surface area contributed by atoms with Crippen LogP contribution in [0, 0.1) is 0 Å². The van der Waals surface area contributed by atoms with Crippen molar-refractivity contribution in [1.29, 1.82) is 0 Å². The summed E-state index contributed by atoms with van der Waals surface area (Å²) in [5.74, 6) is 0.946. The molecule has 0 amide bonds. The van der Waals surface area contributed by atoms with Gasteiger partial charge in [0.05, 0.1) is 18.8 Å². The Balaban J connectivity index is 2.04. The average Bonchev–Trinajstić information content (AvgIpc) is 2.41. The predicted molar refractivity (Wildman–Crippen MR) is 76.1 cm³/mol. The van der Waals surface area contributed by atoms with Crippen molar-refractivity contribution >= 4 is 0 Å². The van der Waals surface area contributed by atoms with E-state index >= 15 is 0 Å². The molecule has 0 bridgehead atoms. The Bertz CT molecular complexity index is 411. The van der Waals surface area contributed by atoms with Gasteiger partial charge in [-0.3, -0.25) is 4.90 Å². The lowest BCUT2D eigenvalue weighted by Gasteiger charge is -2.39. The third-order valence-corrected chi connectivity index (χ3v) is 3.67. The SMILES string of the molecule is CCOc1ccccc1CN1CCCC(N)(CO)C1. The van der Waals surface area contributed by atoms with Gasteiger partial charge in [-0.05, 0) is 32.4 Å². The molecule has 4 nitrogen and oxygen atoms in total. The number of nitrogens with two attached hydrogens (primary N) is 1. The molecule has 1 aliphatic rings. The number of hydrogen-bond acceptors (Lipinski definition) is 4. The number of likely N-dealkylation sites (tertiary alicyclic amines) is 1. The molecule has 106 valence electrons. The summed E-state index contributed by atoms with van der Waals surface area (Å²) in [7, 11) is 0. The first-order valence-electron chi connectivity index (χ1n) is 7.00.